The third-order valence-electron chi connectivity index (χ3n) is 4.20. The molecule has 0 spiro atoms. The zero-order valence-corrected chi connectivity index (χ0v) is 15.9. The molecule has 1 aromatic carbocycles. The molecule has 1 heterocycles. The van der Waals surface area contributed by atoms with Gasteiger partial charge < -0.3 is 10.2 Å². The van der Waals surface area contributed by atoms with Crippen molar-refractivity contribution in [1.82, 2.24) is 14.7 Å². The summed E-state index contributed by atoms with van der Waals surface area (Å²) < 4.78 is 2.01. The smallest absolute Gasteiger partial charge is 0.321 e. The second-order valence-electron chi connectivity index (χ2n) is 5.80. The molecule has 0 atom stereocenters. The monoisotopic (exact) mass is 346 g/mol. The second-order valence-corrected chi connectivity index (χ2v) is 6.68. The molecule has 0 aliphatic heterocycles. The highest BCUT2D eigenvalue weighted by Gasteiger charge is 2.14. The predicted octanol–water partition coefficient (Wildman–Crippen LogP) is 3.95. The Balaban J connectivity index is 1.95. The van der Waals surface area contributed by atoms with Gasteiger partial charge in [0.25, 0.3) is 0 Å². The van der Waals surface area contributed by atoms with E-state index in [1.807, 2.05) is 49.2 Å². The Morgan fingerprint density at radius 1 is 1.38 bits per heavy atom. The fourth-order valence-corrected chi connectivity index (χ4v) is 3.16. The highest BCUT2D eigenvalue weighted by Crippen LogP contribution is 2.19. The summed E-state index contributed by atoms with van der Waals surface area (Å²) >= 11 is 1.66. The summed E-state index contributed by atoms with van der Waals surface area (Å²) in [5, 5.41) is 7.48. The van der Waals surface area contributed by atoms with E-state index in [0.29, 0.717) is 6.54 Å². The van der Waals surface area contributed by atoms with E-state index in [0.717, 1.165) is 29.2 Å². The van der Waals surface area contributed by atoms with E-state index in [2.05, 4.69) is 24.3 Å². The van der Waals surface area contributed by atoms with Crippen molar-refractivity contribution in [3.05, 3.63) is 41.2 Å². The summed E-state index contributed by atoms with van der Waals surface area (Å²) in [7, 11) is 1.82. The van der Waals surface area contributed by atoms with E-state index < -0.39 is 0 Å². The van der Waals surface area contributed by atoms with Crippen molar-refractivity contribution in [3.8, 4) is 0 Å². The molecular formula is C18H26N4OS. The summed E-state index contributed by atoms with van der Waals surface area (Å²) in [6.45, 7) is 7.74. The van der Waals surface area contributed by atoms with Crippen LogP contribution in [0, 0.1) is 13.8 Å². The number of amides is 2. The summed E-state index contributed by atoms with van der Waals surface area (Å²) in [6, 6.07) is 7.78. The number of hydrogen-bond donors (Lipinski definition) is 1. The lowest BCUT2D eigenvalue weighted by Gasteiger charge is -2.18. The number of nitrogens with zero attached hydrogens (tertiary/aromatic N) is 3. The SMILES string of the molecule is CCn1nc(C)c(CCN(C)C(=O)Nc2cccc(SC)c2)c1C. The largest absolute Gasteiger partial charge is 0.327 e. The van der Waals surface area contributed by atoms with Crippen LogP contribution in [0.2, 0.25) is 0 Å². The molecule has 2 rings (SSSR count). The molecule has 0 fully saturated rings. The maximum Gasteiger partial charge on any atom is 0.321 e. The van der Waals surface area contributed by atoms with E-state index in [9.17, 15) is 4.79 Å². The van der Waals surface area contributed by atoms with Crippen LogP contribution < -0.4 is 5.32 Å². The van der Waals surface area contributed by atoms with Crippen molar-refractivity contribution in [2.45, 2.75) is 38.6 Å². The quantitative estimate of drug-likeness (QED) is 0.806. The van der Waals surface area contributed by atoms with Crippen molar-refractivity contribution in [2.75, 3.05) is 25.2 Å². The summed E-state index contributed by atoms with van der Waals surface area (Å²) in [5.74, 6) is 0. The van der Waals surface area contributed by atoms with Gasteiger partial charge in [-0.2, -0.15) is 5.10 Å². The van der Waals surface area contributed by atoms with Gasteiger partial charge in [-0.1, -0.05) is 6.07 Å². The number of rotatable bonds is 6. The molecule has 0 radical (unpaired) electrons. The fraction of sp³-hybridized carbons (Fsp3) is 0.444. The second kappa shape index (κ2) is 8.24. The van der Waals surface area contributed by atoms with Crippen molar-refractivity contribution >= 4 is 23.5 Å². The number of benzene rings is 1. The van der Waals surface area contributed by atoms with Crippen LogP contribution in [0.15, 0.2) is 29.2 Å². The zero-order valence-electron chi connectivity index (χ0n) is 15.1. The van der Waals surface area contributed by atoms with E-state index in [4.69, 9.17) is 0 Å². The first-order chi connectivity index (χ1) is 11.5. The number of urea groups is 1. The standard InChI is InChI=1S/C18H26N4OS/c1-6-22-14(3)17(13(2)20-22)10-11-21(4)18(23)19-15-8-7-9-16(12-15)24-5/h7-9,12H,6,10-11H2,1-5H3,(H,19,23). The van der Waals surface area contributed by atoms with Crippen molar-refractivity contribution < 1.29 is 4.79 Å². The first-order valence-corrected chi connectivity index (χ1v) is 9.37. The zero-order chi connectivity index (χ0) is 17.7. The molecule has 0 saturated heterocycles. The molecule has 1 N–H and O–H groups in total. The number of nitrogens with one attached hydrogen (secondary N) is 1. The molecule has 0 unspecified atom stereocenters. The molecule has 1 aromatic heterocycles. The van der Waals surface area contributed by atoms with Gasteiger partial charge in [-0.25, -0.2) is 4.79 Å². The van der Waals surface area contributed by atoms with E-state index in [1.165, 1.54) is 11.3 Å². The Bertz CT molecular complexity index is 711. The number of carbonyl (C=O) groups excluding carboxylic acids is 1. The van der Waals surface area contributed by atoms with Gasteiger partial charge >= 0.3 is 6.03 Å². The lowest BCUT2D eigenvalue weighted by molar-refractivity contribution is 0.223. The molecule has 0 aliphatic rings. The van der Waals surface area contributed by atoms with Crippen LogP contribution in [-0.4, -0.2) is 40.6 Å². The lowest BCUT2D eigenvalue weighted by Crippen LogP contribution is -2.33. The molecule has 2 amide bonds. The third kappa shape index (κ3) is 4.32. The number of likely N-dealkylation sites (N-methyl/N-ethyl adjacent to an activating group) is 1. The van der Waals surface area contributed by atoms with E-state index in [-0.39, 0.29) is 6.03 Å². The average molecular weight is 347 g/mol. The normalized spacial score (nSPS) is 10.7. The third-order valence-corrected chi connectivity index (χ3v) is 4.92. The summed E-state index contributed by atoms with van der Waals surface area (Å²) in [5.41, 5.74) is 4.30. The van der Waals surface area contributed by atoms with Crippen LogP contribution in [0.4, 0.5) is 10.5 Å². The van der Waals surface area contributed by atoms with Crippen LogP contribution in [0.3, 0.4) is 0 Å². The number of hydrogen-bond acceptors (Lipinski definition) is 3. The first kappa shape index (κ1) is 18.4. The van der Waals surface area contributed by atoms with Crippen molar-refractivity contribution in [3.63, 3.8) is 0 Å². The number of aromatic nitrogens is 2. The molecule has 2 aromatic rings. The minimum absolute atomic E-state index is 0.0913. The highest BCUT2D eigenvalue weighted by molar-refractivity contribution is 7.98. The molecule has 0 aliphatic carbocycles. The van der Waals surface area contributed by atoms with E-state index >= 15 is 0 Å². The van der Waals surface area contributed by atoms with Crippen LogP contribution in [-0.2, 0) is 13.0 Å². The molecule has 0 saturated carbocycles. The van der Waals surface area contributed by atoms with Crippen LogP contribution in [0.1, 0.15) is 23.9 Å². The topological polar surface area (TPSA) is 50.2 Å². The van der Waals surface area contributed by atoms with Gasteiger partial charge in [0.05, 0.1) is 5.69 Å². The van der Waals surface area contributed by atoms with Crippen LogP contribution >= 0.6 is 11.8 Å². The number of aryl methyl sites for hydroxylation is 2. The molecular weight excluding hydrogens is 320 g/mol. The molecule has 0 bridgehead atoms. The number of anilines is 1. The molecule has 5 nitrogen and oxygen atoms in total. The van der Waals surface area contributed by atoms with Gasteiger partial charge in [0.15, 0.2) is 0 Å². The maximum absolute atomic E-state index is 12.4. The van der Waals surface area contributed by atoms with Gasteiger partial charge in [-0.05, 0) is 57.2 Å². The molecule has 24 heavy (non-hydrogen) atoms. The van der Waals surface area contributed by atoms with E-state index in [1.54, 1.807) is 16.7 Å². The Labute approximate surface area is 148 Å². The van der Waals surface area contributed by atoms with Crippen LogP contribution in [0.5, 0.6) is 0 Å². The van der Waals surface area contributed by atoms with Gasteiger partial charge in [-0.15, -0.1) is 11.8 Å². The van der Waals surface area contributed by atoms with Crippen molar-refractivity contribution in [2.24, 2.45) is 0 Å². The minimum Gasteiger partial charge on any atom is -0.327 e. The average Bonchev–Trinajstić information content (AvgIpc) is 2.86. The minimum atomic E-state index is -0.0913. The van der Waals surface area contributed by atoms with Gasteiger partial charge in [0.2, 0.25) is 0 Å². The van der Waals surface area contributed by atoms with Gasteiger partial charge in [-0.3, -0.25) is 4.68 Å². The Morgan fingerprint density at radius 2 is 2.12 bits per heavy atom. The Morgan fingerprint density at radius 3 is 2.75 bits per heavy atom. The summed E-state index contributed by atoms with van der Waals surface area (Å²) in [6.07, 6.45) is 2.83. The van der Waals surface area contributed by atoms with Crippen LogP contribution in [0.25, 0.3) is 0 Å². The highest BCUT2D eigenvalue weighted by atomic mass is 32.2. The molecule has 6 heteroatoms. The Kier molecular flexibility index (Phi) is 6.31. The Hall–Kier alpha value is -1.95. The lowest BCUT2D eigenvalue weighted by atomic mass is 10.1. The predicted molar refractivity (Wildman–Crippen MR) is 101 cm³/mol. The van der Waals surface area contributed by atoms with Crippen molar-refractivity contribution in [1.29, 1.82) is 0 Å². The summed E-state index contributed by atoms with van der Waals surface area (Å²) in [4.78, 5) is 15.2. The van der Waals surface area contributed by atoms with Gasteiger partial charge in [0, 0.05) is 36.4 Å². The molecule has 130 valence electrons. The number of carbonyl (C=O) groups is 1. The first-order valence-electron chi connectivity index (χ1n) is 8.15. The number of thioether (sulfide) groups is 1. The van der Waals surface area contributed by atoms with Gasteiger partial charge in [0.1, 0.15) is 0 Å². The maximum atomic E-state index is 12.4. The fourth-order valence-electron chi connectivity index (χ4n) is 2.70.